The first kappa shape index (κ1) is 24.4. The molecule has 1 aliphatic rings. The number of hydrogen-bond acceptors (Lipinski definition) is 3. The number of benzene rings is 5. The summed E-state index contributed by atoms with van der Waals surface area (Å²) >= 11 is 0. The Kier molecular flexibility index (Phi) is 5.75. The van der Waals surface area contributed by atoms with Gasteiger partial charge in [-0.25, -0.2) is 0 Å². The zero-order chi connectivity index (χ0) is 26.8. The van der Waals surface area contributed by atoms with E-state index in [1.807, 2.05) is 0 Å². The van der Waals surface area contributed by atoms with Gasteiger partial charge >= 0.3 is 8.16 Å². The van der Waals surface area contributed by atoms with Gasteiger partial charge in [0.15, 0.2) is 0 Å². The van der Waals surface area contributed by atoms with Gasteiger partial charge in [-0.2, -0.15) is 0 Å². The van der Waals surface area contributed by atoms with Crippen molar-refractivity contribution in [2.45, 2.75) is 58.9 Å². The fourth-order valence-electron chi connectivity index (χ4n) is 6.31. The summed E-state index contributed by atoms with van der Waals surface area (Å²) in [7, 11) is -1.46. The molecule has 5 aromatic carbocycles. The minimum Gasteiger partial charge on any atom is -0.403 e. The highest BCUT2D eigenvalue weighted by Gasteiger charge is 2.31. The maximum absolute atomic E-state index is 7.20. The molecule has 0 bridgehead atoms. The fraction of sp³-hybridized carbons (Fsp3) is 0.257. The van der Waals surface area contributed by atoms with Crippen LogP contribution in [0.1, 0.15) is 63.1 Å². The van der Waals surface area contributed by atoms with Crippen molar-refractivity contribution < 1.29 is 8.39 Å². The fourth-order valence-corrected chi connectivity index (χ4v) is 8.01. The minimum absolute atomic E-state index is 0.282. The molecule has 1 unspecified atom stereocenters. The van der Waals surface area contributed by atoms with Crippen molar-refractivity contribution in [3.8, 4) is 0 Å². The molecule has 7 rings (SSSR count). The number of nitrogens with zero attached hydrogens (tertiary/aromatic N) is 1. The van der Waals surface area contributed by atoms with Crippen LogP contribution in [0.5, 0.6) is 0 Å². The quantitative estimate of drug-likeness (QED) is 0.227. The van der Waals surface area contributed by atoms with Gasteiger partial charge < -0.3 is 8.39 Å². The average Bonchev–Trinajstić information content (AvgIpc) is 3.16. The predicted octanol–water partition coefficient (Wildman–Crippen LogP) is 11.1. The van der Waals surface area contributed by atoms with Crippen LogP contribution in [0.25, 0.3) is 43.5 Å². The van der Waals surface area contributed by atoms with E-state index in [-0.39, 0.29) is 6.04 Å². The van der Waals surface area contributed by atoms with E-state index < -0.39 is 8.16 Å². The number of hydrogen-bond donors (Lipinski definition) is 0. The van der Waals surface area contributed by atoms with E-state index in [0.29, 0.717) is 11.8 Å². The molecule has 1 atom stereocenters. The third-order valence-electron chi connectivity index (χ3n) is 8.24. The van der Waals surface area contributed by atoms with Gasteiger partial charge in [0.05, 0.1) is 5.69 Å². The molecule has 0 N–H and O–H groups in total. The molecular formula is C35H34NO2P. The van der Waals surface area contributed by atoms with Gasteiger partial charge in [0.25, 0.3) is 0 Å². The van der Waals surface area contributed by atoms with Gasteiger partial charge in [0, 0.05) is 16.8 Å². The lowest BCUT2D eigenvalue weighted by atomic mass is 9.90. The van der Waals surface area contributed by atoms with Gasteiger partial charge in [-0.3, -0.25) is 4.67 Å². The van der Waals surface area contributed by atoms with E-state index in [4.69, 9.17) is 8.39 Å². The molecule has 0 spiro atoms. The standard InChI is InChI=1S/C35H34NO2P/c1-21(2)29-19-24-12-6-9-15-27(24)32-33-28-16-10-7-13-25(28)20-30(22(3)4)35(33)38-39(37-34(29)32)36-23(5)18-26-14-8-11-17-31(26)36/h6-17,19-23H,18H2,1-5H3. The Bertz CT molecular complexity index is 1820. The van der Waals surface area contributed by atoms with Gasteiger partial charge in [-0.05, 0) is 81.6 Å². The van der Waals surface area contributed by atoms with Crippen LogP contribution < -0.4 is 4.67 Å². The Morgan fingerprint density at radius 1 is 0.692 bits per heavy atom. The number of anilines is 1. The van der Waals surface area contributed by atoms with Crippen LogP contribution in [0.4, 0.5) is 5.69 Å². The molecule has 1 aromatic heterocycles. The summed E-state index contributed by atoms with van der Waals surface area (Å²) < 4.78 is 16.8. The maximum atomic E-state index is 7.20. The molecule has 0 saturated heterocycles. The Balaban J connectivity index is 1.78. The first-order valence-electron chi connectivity index (χ1n) is 14.1. The zero-order valence-corrected chi connectivity index (χ0v) is 24.1. The maximum Gasteiger partial charge on any atom is 0.341 e. The smallest absolute Gasteiger partial charge is 0.341 e. The van der Waals surface area contributed by atoms with Crippen molar-refractivity contribution in [2.75, 3.05) is 4.67 Å². The van der Waals surface area contributed by atoms with E-state index in [1.54, 1.807) is 0 Å². The molecular weight excluding hydrogens is 497 g/mol. The Labute approximate surface area is 230 Å². The summed E-state index contributed by atoms with van der Waals surface area (Å²) in [5, 5.41) is 7.21. The minimum atomic E-state index is -1.46. The normalized spacial score (nSPS) is 15.4. The first-order valence-corrected chi connectivity index (χ1v) is 15.2. The third-order valence-corrected chi connectivity index (χ3v) is 9.88. The molecule has 0 radical (unpaired) electrons. The van der Waals surface area contributed by atoms with Crippen molar-refractivity contribution in [1.29, 1.82) is 0 Å². The molecule has 3 nitrogen and oxygen atoms in total. The molecule has 39 heavy (non-hydrogen) atoms. The Hall–Kier alpha value is -3.68. The van der Waals surface area contributed by atoms with Crippen LogP contribution in [0.15, 0.2) is 93.3 Å². The second kappa shape index (κ2) is 9.21. The summed E-state index contributed by atoms with van der Waals surface area (Å²) in [6, 6.07) is 31.1. The zero-order valence-electron chi connectivity index (χ0n) is 23.2. The van der Waals surface area contributed by atoms with E-state index in [9.17, 15) is 0 Å². The van der Waals surface area contributed by atoms with Crippen molar-refractivity contribution >= 4 is 57.3 Å². The lowest BCUT2D eigenvalue weighted by Gasteiger charge is -2.21. The molecule has 0 fully saturated rings. The SMILES string of the molecule is CC(C)c1cc2ccccc2c2c1op(N1c3ccccc3CC1C)oc1c(C(C)C)cc3ccccc3c12. The largest absolute Gasteiger partial charge is 0.403 e. The summed E-state index contributed by atoms with van der Waals surface area (Å²) in [4.78, 5) is 0. The second-order valence-corrected chi connectivity index (χ2v) is 12.8. The van der Waals surface area contributed by atoms with Crippen molar-refractivity contribution in [3.63, 3.8) is 0 Å². The molecule has 0 amide bonds. The van der Waals surface area contributed by atoms with Crippen molar-refractivity contribution in [3.05, 3.63) is 102 Å². The topological polar surface area (TPSA) is 29.5 Å². The average molecular weight is 532 g/mol. The predicted molar refractivity (Wildman–Crippen MR) is 167 cm³/mol. The highest BCUT2D eigenvalue weighted by atomic mass is 31.1. The van der Waals surface area contributed by atoms with Crippen LogP contribution in [-0.4, -0.2) is 6.04 Å². The molecule has 0 saturated carbocycles. The summed E-state index contributed by atoms with van der Waals surface area (Å²) in [5.41, 5.74) is 6.97. The third kappa shape index (κ3) is 3.79. The molecule has 196 valence electrons. The molecule has 0 aliphatic carbocycles. The van der Waals surface area contributed by atoms with Crippen LogP contribution in [0.3, 0.4) is 0 Å². The van der Waals surface area contributed by atoms with E-state index in [1.165, 1.54) is 43.9 Å². The van der Waals surface area contributed by atoms with Crippen molar-refractivity contribution in [2.24, 2.45) is 0 Å². The van der Waals surface area contributed by atoms with Crippen LogP contribution in [0, 0.1) is 0 Å². The Morgan fingerprint density at radius 3 is 1.72 bits per heavy atom. The van der Waals surface area contributed by atoms with Crippen LogP contribution >= 0.6 is 8.16 Å². The van der Waals surface area contributed by atoms with Crippen LogP contribution in [0.2, 0.25) is 0 Å². The van der Waals surface area contributed by atoms with Gasteiger partial charge in [-0.1, -0.05) is 94.4 Å². The molecule has 1 aliphatic heterocycles. The lowest BCUT2D eigenvalue weighted by molar-refractivity contribution is 0.613. The van der Waals surface area contributed by atoms with E-state index in [2.05, 4.69) is 124 Å². The summed E-state index contributed by atoms with van der Waals surface area (Å²) in [5.74, 6) is 0.592. The lowest BCUT2D eigenvalue weighted by Crippen LogP contribution is -2.20. The molecule has 2 heterocycles. The number of fused-ring (bicyclic) bond motifs is 8. The first-order chi connectivity index (χ1) is 18.9. The van der Waals surface area contributed by atoms with E-state index in [0.717, 1.165) is 28.4 Å². The highest BCUT2D eigenvalue weighted by molar-refractivity contribution is 7.39. The Morgan fingerprint density at radius 2 is 1.18 bits per heavy atom. The second-order valence-electron chi connectivity index (χ2n) is 11.5. The number of para-hydroxylation sites is 1. The van der Waals surface area contributed by atoms with E-state index >= 15 is 0 Å². The number of rotatable bonds is 3. The highest BCUT2D eigenvalue weighted by Crippen LogP contribution is 2.50. The molecule has 4 heteroatoms. The van der Waals surface area contributed by atoms with Crippen LogP contribution in [-0.2, 0) is 6.42 Å². The summed E-state index contributed by atoms with van der Waals surface area (Å²) in [6.45, 7) is 11.3. The van der Waals surface area contributed by atoms with Crippen molar-refractivity contribution in [1.82, 2.24) is 0 Å². The molecule has 6 aromatic rings. The van der Waals surface area contributed by atoms with Gasteiger partial charge in [0.2, 0.25) is 0 Å². The summed E-state index contributed by atoms with van der Waals surface area (Å²) in [6.07, 6.45) is 0.991. The van der Waals surface area contributed by atoms with Gasteiger partial charge in [0.1, 0.15) is 11.2 Å². The van der Waals surface area contributed by atoms with Gasteiger partial charge in [-0.15, -0.1) is 0 Å². The monoisotopic (exact) mass is 531 g/mol.